The van der Waals surface area contributed by atoms with Gasteiger partial charge < -0.3 is 9.64 Å². The van der Waals surface area contributed by atoms with E-state index in [4.69, 9.17) is 4.74 Å². The van der Waals surface area contributed by atoms with E-state index in [-0.39, 0.29) is 12.0 Å². The van der Waals surface area contributed by atoms with Crippen molar-refractivity contribution in [2.45, 2.75) is 25.9 Å². The first kappa shape index (κ1) is 17.2. The molecule has 0 spiro atoms. The number of piperidine rings is 1. The van der Waals surface area contributed by atoms with Crippen LogP contribution in [0.2, 0.25) is 0 Å². The highest BCUT2D eigenvalue weighted by Crippen LogP contribution is 2.19. The zero-order chi connectivity index (χ0) is 18.6. The third kappa shape index (κ3) is 3.97. The van der Waals surface area contributed by atoms with Gasteiger partial charge in [0.25, 0.3) is 5.91 Å². The van der Waals surface area contributed by atoms with E-state index in [0.717, 1.165) is 25.1 Å². The van der Waals surface area contributed by atoms with Crippen molar-refractivity contribution in [1.29, 1.82) is 0 Å². The molecule has 1 aromatic carbocycles. The van der Waals surface area contributed by atoms with Crippen LogP contribution in [-0.2, 0) is 0 Å². The molecule has 1 atom stereocenters. The highest BCUT2D eigenvalue weighted by Gasteiger charge is 2.26. The van der Waals surface area contributed by atoms with Gasteiger partial charge in [0.15, 0.2) is 0 Å². The highest BCUT2D eigenvalue weighted by atomic mass is 16.5. The first-order valence-electron chi connectivity index (χ1n) is 9.05. The molecule has 2 aromatic heterocycles. The Kier molecular flexibility index (Phi) is 4.82. The van der Waals surface area contributed by atoms with Gasteiger partial charge in [0, 0.05) is 36.8 Å². The molecular formula is C20H21N5O2. The predicted molar refractivity (Wildman–Crippen MR) is 99.9 cm³/mol. The number of ether oxygens (including phenoxy) is 1. The quantitative estimate of drug-likeness (QED) is 0.712. The normalized spacial score (nSPS) is 16.9. The average molecular weight is 363 g/mol. The van der Waals surface area contributed by atoms with E-state index in [0.29, 0.717) is 23.8 Å². The van der Waals surface area contributed by atoms with Gasteiger partial charge in [-0.2, -0.15) is 10.1 Å². The molecule has 27 heavy (non-hydrogen) atoms. The zero-order valence-corrected chi connectivity index (χ0v) is 15.2. The Labute approximate surface area is 157 Å². The highest BCUT2D eigenvalue weighted by molar-refractivity contribution is 5.94. The number of aryl methyl sites for hydroxylation is 1. The summed E-state index contributed by atoms with van der Waals surface area (Å²) in [6, 6.07) is 11.1. The van der Waals surface area contributed by atoms with Gasteiger partial charge in [-0.05, 0) is 44.0 Å². The Bertz CT molecular complexity index is 926. The minimum Gasteiger partial charge on any atom is -0.472 e. The summed E-state index contributed by atoms with van der Waals surface area (Å²) in [4.78, 5) is 23.2. The SMILES string of the molecule is Cc1nccc(OC2CCCN(C(=O)c3cccc(-n4cccn4)c3)C2)n1. The van der Waals surface area contributed by atoms with Crippen LogP contribution in [0.1, 0.15) is 29.0 Å². The summed E-state index contributed by atoms with van der Waals surface area (Å²) in [6.45, 7) is 3.11. The van der Waals surface area contributed by atoms with Crippen molar-refractivity contribution >= 4 is 5.91 Å². The standard InChI is InChI=1S/C20H21N5O2/c1-15-21-10-8-19(23-15)27-18-7-3-11-24(14-18)20(26)16-5-2-6-17(13-16)25-12-4-9-22-25/h2,4-6,8-10,12-13,18H,3,7,11,14H2,1H3. The van der Waals surface area contributed by atoms with Gasteiger partial charge in [-0.15, -0.1) is 0 Å². The van der Waals surface area contributed by atoms with Crippen molar-refractivity contribution in [2.75, 3.05) is 13.1 Å². The lowest BCUT2D eigenvalue weighted by molar-refractivity contribution is 0.0527. The largest absolute Gasteiger partial charge is 0.472 e. The molecule has 0 bridgehead atoms. The van der Waals surface area contributed by atoms with Crippen molar-refractivity contribution in [3.8, 4) is 11.6 Å². The predicted octanol–water partition coefficient (Wildman–Crippen LogP) is 2.65. The van der Waals surface area contributed by atoms with Crippen LogP contribution in [0.25, 0.3) is 5.69 Å². The average Bonchev–Trinajstić information content (AvgIpc) is 3.23. The number of carbonyl (C=O) groups is 1. The summed E-state index contributed by atoms with van der Waals surface area (Å²) >= 11 is 0. The van der Waals surface area contributed by atoms with Gasteiger partial charge in [0.2, 0.25) is 5.88 Å². The topological polar surface area (TPSA) is 73.1 Å². The molecule has 1 fully saturated rings. The molecule has 1 aliphatic rings. The van der Waals surface area contributed by atoms with Crippen molar-refractivity contribution in [3.05, 3.63) is 66.4 Å². The lowest BCUT2D eigenvalue weighted by Crippen LogP contribution is -2.44. The maximum atomic E-state index is 13.0. The van der Waals surface area contributed by atoms with Gasteiger partial charge in [-0.1, -0.05) is 6.07 Å². The number of amides is 1. The van der Waals surface area contributed by atoms with Gasteiger partial charge in [0.05, 0.1) is 12.2 Å². The van der Waals surface area contributed by atoms with Crippen LogP contribution >= 0.6 is 0 Å². The summed E-state index contributed by atoms with van der Waals surface area (Å²) in [5.74, 6) is 1.24. The van der Waals surface area contributed by atoms with E-state index in [1.54, 1.807) is 23.1 Å². The molecule has 7 nitrogen and oxygen atoms in total. The Morgan fingerprint density at radius 1 is 1.22 bits per heavy atom. The Balaban J connectivity index is 1.46. The van der Waals surface area contributed by atoms with E-state index in [1.807, 2.05) is 48.4 Å². The van der Waals surface area contributed by atoms with Crippen LogP contribution in [0.4, 0.5) is 0 Å². The van der Waals surface area contributed by atoms with Crippen LogP contribution in [0.15, 0.2) is 55.0 Å². The van der Waals surface area contributed by atoms with Crippen molar-refractivity contribution < 1.29 is 9.53 Å². The maximum absolute atomic E-state index is 13.0. The van der Waals surface area contributed by atoms with E-state index in [9.17, 15) is 4.79 Å². The fourth-order valence-electron chi connectivity index (χ4n) is 3.28. The molecule has 1 aliphatic heterocycles. The van der Waals surface area contributed by atoms with Gasteiger partial charge in [0.1, 0.15) is 11.9 Å². The van der Waals surface area contributed by atoms with Crippen LogP contribution in [0, 0.1) is 6.92 Å². The number of likely N-dealkylation sites (tertiary alicyclic amines) is 1. The first-order chi connectivity index (χ1) is 13.2. The summed E-state index contributed by atoms with van der Waals surface area (Å²) in [5.41, 5.74) is 1.52. The van der Waals surface area contributed by atoms with E-state index < -0.39 is 0 Å². The molecule has 3 heterocycles. The number of hydrogen-bond acceptors (Lipinski definition) is 5. The fraction of sp³-hybridized carbons (Fsp3) is 0.300. The summed E-state index contributed by atoms with van der Waals surface area (Å²) < 4.78 is 7.72. The molecule has 1 amide bonds. The second-order valence-electron chi connectivity index (χ2n) is 6.58. The number of benzene rings is 1. The van der Waals surface area contributed by atoms with Crippen molar-refractivity contribution in [1.82, 2.24) is 24.6 Å². The molecule has 138 valence electrons. The summed E-state index contributed by atoms with van der Waals surface area (Å²) in [7, 11) is 0. The number of aromatic nitrogens is 4. The van der Waals surface area contributed by atoms with Crippen molar-refractivity contribution in [2.24, 2.45) is 0 Å². The minimum absolute atomic E-state index is 0.0103. The van der Waals surface area contributed by atoms with Crippen LogP contribution < -0.4 is 4.74 Å². The maximum Gasteiger partial charge on any atom is 0.254 e. The second kappa shape index (κ2) is 7.57. The lowest BCUT2D eigenvalue weighted by Gasteiger charge is -2.32. The van der Waals surface area contributed by atoms with Gasteiger partial charge in [-0.25, -0.2) is 9.67 Å². The van der Waals surface area contributed by atoms with Gasteiger partial charge in [-0.3, -0.25) is 4.79 Å². The molecule has 1 saturated heterocycles. The monoisotopic (exact) mass is 363 g/mol. The van der Waals surface area contributed by atoms with Crippen LogP contribution in [-0.4, -0.2) is 49.7 Å². The van der Waals surface area contributed by atoms with E-state index in [2.05, 4.69) is 15.1 Å². The van der Waals surface area contributed by atoms with E-state index in [1.165, 1.54) is 0 Å². The number of carbonyl (C=O) groups excluding carboxylic acids is 1. The van der Waals surface area contributed by atoms with Crippen LogP contribution in [0.3, 0.4) is 0 Å². The lowest BCUT2D eigenvalue weighted by atomic mass is 10.1. The van der Waals surface area contributed by atoms with Crippen LogP contribution in [0.5, 0.6) is 5.88 Å². The zero-order valence-electron chi connectivity index (χ0n) is 15.2. The molecule has 4 rings (SSSR count). The number of hydrogen-bond donors (Lipinski definition) is 0. The minimum atomic E-state index is -0.0636. The molecular weight excluding hydrogens is 342 g/mol. The Hall–Kier alpha value is -3.22. The summed E-state index contributed by atoms with van der Waals surface area (Å²) in [5, 5.41) is 4.23. The summed E-state index contributed by atoms with van der Waals surface area (Å²) in [6.07, 6.45) is 7.00. The number of nitrogens with zero attached hydrogens (tertiary/aromatic N) is 5. The fourth-order valence-corrected chi connectivity index (χ4v) is 3.28. The Morgan fingerprint density at radius 2 is 2.15 bits per heavy atom. The second-order valence-corrected chi connectivity index (χ2v) is 6.58. The molecule has 0 N–H and O–H groups in total. The molecule has 1 unspecified atom stereocenters. The third-order valence-corrected chi connectivity index (χ3v) is 4.57. The molecule has 7 heteroatoms. The number of rotatable bonds is 4. The smallest absolute Gasteiger partial charge is 0.254 e. The van der Waals surface area contributed by atoms with Crippen molar-refractivity contribution in [3.63, 3.8) is 0 Å². The third-order valence-electron chi connectivity index (χ3n) is 4.57. The van der Waals surface area contributed by atoms with Gasteiger partial charge >= 0.3 is 0 Å². The van der Waals surface area contributed by atoms with E-state index >= 15 is 0 Å². The molecule has 0 aliphatic carbocycles. The molecule has 3 aromatic rings. The first-order valence-corrected chi connectivity index (χ1v) is 9.05. The molecule has 0 saturated carbocycles. The molecule has 0 radical (unpaired) electrons. The Morgan fingerprint density at radius 3 is 2.96 bits per heavy atom.